The van der Waals surface area contributed by atoms with Gasteiger partial charge >= 0.3 is 5.97 Å². The molecule has 4 heteroatoms. The molecule has 0 fully saturated rings. The van der Waals surface area contributed by atoms with Gasteiger partial charge in [0.2, 0.25) is 5.78 Å². The zero-order valence-corrected chi connectivity index (χ0v) is 11.0. The molecule has 21 heavy (non-hydrogen) atoms. The monoisotopic (exact) mass is 277 g/mol. The van der Waals surface area contributed by atoms with Gasteiger partial charge in [0, 0.05) is 17.1 Å². The summed E-state index contributed by atoms with van der Waals surface area (Å²) in [5.41, 5.74) is 0.368. The second kappa shape index (κ2) is 5.17. The van der Waals surface area contributed by atoms with Gasteiger partial charge in [0.1, 0.15) is 5.69 Å². The van der Waals surface area contributed by atoms with E-state index in [1.54, 1.807) is 24.4 Å². The zero-order chi connectivity index (χ0) is 14.8. The van der Waals surface area contributed by atoms with Crippen LogP contribution >= 0.6 is 0 Å². The fourth-order valence-corrected chi connectivity index (χ4v) is 2.21. The topological polar surface area (TPSA) is 67.3 Å². The van der Waals surface area contributed by atoms with E-state index in [0.29, 0.717) is 0 Å². The fourth-order valence-electron chi connectivity index (χ4n) is 2.21. The summed E-state index contributed by atoms with van der Waals surface area (Å²) in [5, 5.41) is 11.0. The first-order chi connectivity index (χ1) is 10.2. The third-order valence-electron chi connectivity index (χ3n) is 3.27. The van der Waals surface area contributed by atoms with Crippen LogP contribution in [0.3, 0.4) is 0 Å². The maximum Gasteiger partial charge on any atom is 0.336 e. The minimum atomic E-state index is -1.13. The predicted molar refractivity (Wildman–Crippen MR) is 78.6 cm³/mol. The maximum absolute atomic E-state index is 12.5. The van der Waals surface area contributed by atoms with Gasteiger partial charge in [0.05, 0.1) is 5.56 Å². The van der Waals surface area contributed by atoms with Crippen molar-refractivity contribution in [3.63, 3.8) is 0 Å². The van der Waals surface area contributed by atoms with Crippen molar-refractivity contribution in [2.75, 3.05) is 0 Å². The molecule has 0 spiro atoms. The molecular formula is C17H11NO3. The van der Waals surface area contributed by atoms with E-state index in [-0.39, 0.29) is 16.8 Å². The number of hydrogen-bond donors (Lipinski definition) is 1. The first-order valence-electron chi connectivity index (χ1n) is 6.38. The Bertz CT molecular complexity index is 855. The Kier molecular flexibility index (Phi) is 3.20. The van der Waals surface area contributed by atoms with Gasteiger partial charge in [-0.3, -0.25) is 9.78 Å². The van der Waals surface area contributed by atoms with Gasteiger partial charge in [0.15, 0.2) is 0 Å². The summed E-state index contributed by atoms with van der Waals surface area (Å²) in [6, 6.07) is 15.4. The van der Waals surface area contributed by atoms with Crippen LogP contribution in [0.25, 0.3) is 10.8 Å². The summed E-state index contributed by atoms with van der Waals surface area (Å²) in [6.45, 7) is 0. The molecule has 0 amide bonds. The Morgan fingerprint density at radius 3 is 2.19 bits per heavy atom. The van der Waals surface area contributed by atoms with E-state index in [1.807, 2.05) is 24.3 Å². The van der Waals surface area contributed by atoms with Gasteiger partial charge < -0.3 is 5.11 Å². The van der Waals surface area contributed by atoms with E-state index >= 15 is 0 Å². The first-order valence-corrected chi connectivity index (χ1v) is 6.38. The van der Waals surface area contributed by atoms with Crippen LogP contribution in [0, 0.1) is 0 Å². The third kappa shape index (κ3) is 2.39. The molecule has 3 aromatic rings. The quantitative estimate of drug-likeness (QED) is 0.747. The van der Waals surface area contributed by atoms with Crippen LogP contribution in [0.2, 0.25) is 0 Å². The van der Waals surface area contributed by atoms with Crippen LogP contribution in [0.4, 0.5) is 0 Å². The molecule has 0 unspecified atom stereocenters. The zero-order valence-electron chi connectivity index (χ0n) is 11.0. The molecular weight excluding hydrogens is 266 g/mol. The van der Waals surface area contributed by atoms with Crippen molar-refractivity contribution in [2.24, 2.45) is 0 Å². The van der Waals surface area contributed by atoms with E-state index in [4.69, 9.17) is 5.11 Å². The van der Waals surface area contributed by atoms with Crippen molar-refractivity contribution < 1.29 is 14.7 Å². The molecule has 0 atom stereocenters. The molecule has 2 aromatic carbocycles. The minimum Gasteiger partial charge on any atom is -0.478 e. The van der Waals surface area contributed by atoms with Crippen LogP contribution in [0.1, 0.15) is 26.4 Å². The van der Waals surface area contributed by atoms with Crippen molar-refractivity contribution in [3.8, 4) is 0 Å². The lowest BCUT2D eigenvalue weighted by molar-refractivity contribution is 0.0692. The highest BCUT2D eigenvalue weighted by Gasteiger charge is 2.18. The van der Waals surface area contributed by atoms with Crippen molar-refractivity contribution in [1.82, 2.24) is 4.98 Å². The van der Waals surface area contributed by atoms with Gasteiger partial charge in [-0.1, -0.05) is 42.5 Å². The lowest BCUT2D eigenvalue weighted by Gasteiger charge is -2.05. The molecule has 0 aliphatic heterocycles. The number of pyridine rings is 1. The summed E-state index contributed by atoms with van der Waals surface area (Å²) >= 11 is 0. The van der Waals surface area contributed by atoms with Crippen molar-refractivity contribution in [2.45, 2.75) is 0 Å². The van der Waals surface area contributed by atoms with Gasteiger partial charge in [-0.25, -0.2) is 4.79 Å². The van der Waals surface area contributed by atoms with E-state index in [0.717, 1.165) is 10.8 Å². The Morgan fingerprint density at radius 2 is 1.48 bits per heavy atom. The third-order valence-corrected chi connectivity index (χ3v) is 3.27. The molecule has 4 nitrogen and oxygen atoms in total. The summed E-state index contributed by atoms with van der Waals surface area (Å²) in [6.07, 6.45) is 1.62. The van der Waals surface area contributed by atoms with Gasteiger partial charge in [-0.15, -0.1) is 0 Å². The summed E-state index contributed by atoms with van der Waals surface area (Å²) in [5.74, 6) is -1.52. The Hall–Kier alpha value is -3.01. The van der Waals surface area contributed by atoms with Crippen molar-refractivity contribution in [3.05, 3.63) is 77.6 Å². The summed E-state index contributed by atoms with van der Waals surface area (Å²) in [7, 11) is 0. The number of carbonyl (C=O) groups is 2. The van der Waals surface area contributed by atoms with E-state index in [9.17, 15) is 9.59 Å². The Balaban J connectivity index is 2.10. The Morgan fingerprint density at radius 1 is 0.857 bits per heavy atom. The van der Waals surface area contributed by atoms with Crippen LogP contribution in [-0.2, 0) is 0 Å². The highest BCUT2D eigenvalue weighted by atomic mass is 16.4. The number of aromatic nitrogens is 1. The average molecular weight is 277 g/mol. The standard InChI is InChI=1S/C17H11NO3/c19-16(13-7-3-4-8-14(13)17(20)21)15-9-11-5-1-2-6-12(11)10-18-15/h1-10H,(H,20,21). The molecule has 1 N–H and O–H groups in total. The number of ketones is 1. The number of aromatic carboxylic acids is 1. The number of carboxylic acid groups (broad SMARTS) is 1. The molecule has 102 valence electrons. The molecule has 0 saturated heterocycles. The highest BCUT2D eigenvalue weighted by Crippen LogP contribution is 2.18. The number of hydrogen-bond acceptors (Lipinski definition) is 3. The highest BCUT2D eigenvalue weighted by molar-refractivity contribution is 6.14. The summed E-state index contributed by atoms with van der Waals surface area (Å²) < 4.78 is 0. The SMILES string of the molecule is O=C(O)c1ccccc1C(=O)c1cc2ccccc2cn1. The second-order valence-electron chi connectivity index (χ2n) is 4.60. The molecule has 0 aliphatic carbocycles. The van der Waals surface area contributed by atoms with E-state index in [1.165, 1.54) is 12.1 Å². The van der Waals surface area contributed by atoms with Crippen LogP contribution < -0.4 is 0 Å². The lowest BCUT2D eigenvalue weighted by atomic mass is 10.0. The van der Waals surface area contributed by atoms with E-state index < -0.39 is 11.8 Å². The average Bonchev–Trinajstić information content (AvgIpc) is 2.53. The molecule has 0 radical (unpaired) electrons. The largest absolute Gasteiger partial charge is 0.478 e. The van der Waals surface area contributed by atoms with Crippen LogP contribution in [-0.4, -0.2) is 21.8 Å². The molecule has 3 rings (SSSR count). The van der Waals surface area contributed by atoms with E-state index in [2.05, 4.69) is 4.98 Å². The molecule has 0 saturated carbocycles. The van der Waals surface area contributed by atoms with Crippen molar-refractivity contribution >= 4 is 22.5 Å². The first kappa shape index (κ1) is 13.0. The van der Waals surface area contributed by atoms with Crippen molar-refractivity contribution in [1.29, 1.82) is 0 Å². The molecule has 0 bridgehead atoms. The fraction of sp³-hybridized carbons (Fsp3) is 0. The predicted octanol–water partition coefficient (Wildman–Crippen LogP) is 3.16. The number of benzene rings is 2. The molecule has 0 aliphatic rings. The Labute approximate surface area is 120 Å². The number of carbonyl (C=O) groups excluding carboxylic acids is 1. The van der Waals surface area contributed by atoms with Crippen LogP contribution in [0.15, 0.2) is 60.8 Å². The maximum atomic E-state index is 12.5. The number of carboxylic acids is 1. The molecule has 1 heterocycles. The van der Waals surface area contributed by atoms with Gasteiger partial charge in [-0.05, 0) is 17.5 Å². The number of nitrogens with zero attached hydrogens (tertiary/aromatic N) is 1. The molecule has 1 aromatic heterocycles. The summed E-state index contributed by atoms with van der Waals surface area (Å²) in [4.78, 5) is 27.8. The number of rotatable bonds is 3. The minimum absolute atomic E-state index is 0.0162. The number of fused-ring (bicyclic) bond motifs is 1. The van der Waals surface area contributed by atoms with Gasteiger partial charge in [0.25, 0.3) is 0 Å². The smallest absolute Gasteiger partial charge is 0.336 e. The van der Waals surface area contributed by atoms with Crippen LogP contribution in [0.5, 0.6) is 0 Å². The normalized spacial score (nSPS) is 10.5. The second-order valence-corrected chi connectivity index (χ2v) is 4.60. The van der Waals surface area contributed by atoms with Gasteiger partial charge in [-0.2, -0.15) is 0 Å². The lowest BCUT2D eigenvalue weighted by Crippen LogP contribution is -2.10.